The first-order valence-electron chi connectivity index (χ1n) is 5.00. The minimum atomic E-state index is -0.608. The van der Waals surface area contributed by atoms with Crippen molar-refractivity contribution < 1.29 is 9.50 Å². The van der Waals surface area contributed by atoms with Crippen LogP contribution < -0.4 is 5.73 Å². The largest absolute Gasteiger partial charge is 0.506 e. The van der Waals surface area contributed by atoms with Gasteiger partial charge < -0.3 is 10.8 Å². The molecule has 2 nitrogen and oxygen atoms in total. The highest BCUT2D eigenvalue weighted by molar-refractivity contribution is 6.32. The number of nitrogens with two attached hydrogens (primary N) is 1. The molecule has 4 heteroatoms. The van der Waals surface area contributed by atoms with Crippen molar-refractivity contribution in [3.8, 4) is 5.75 Å². The van der Waals surface area contributed by atoms with Crippen LogP contribution in [0.3, 0.4) is 0 Å². The maximum Gasteiger partial charge on any atom is 0.145 e. The Morgan fingerprint density at radius 2 is 1.93 bits per heavy atom. The summed E-state index contributed by atoms with van der Waals surface area (Å²) < 4.78 is 13.3. The van der Waals surface area contributed by atoms with Crippen LogP contribution >= 0.6 is 11.6 Å². The fraction of sp³-hybridized carbons (Fsp3) is 0.455. The molecule has 0 amide bonds. The summed E-state index contributed by atoms with van der Waals surface area (Å²) in [6.45, 7) is 0. The molecule has 0 heterocycles. The van der Waals surface area contributed by atoms with E-state index in [0.717, 1.165) is 25.7 Å². The standard InChI is InChI=1S/C11H13ClFNO/c12-10-8(13)5-7(6-9(10)15)11(14)3-1-2-4-11/h5-6,15H,1-4,14H2. The minimum Gasteiger partial charge on any atom is -0.506 e. The van der Waals surface area contributed by atoms with E-state index in [1.54, 1.807) is 0 Å². The predicted octanol–water partition coefficient (Wildman–Crippen LogP) is 2.91. The smallest absolute Gasteiger partial charge is 0.145 e. The number of phenolic OH excluding ortho intramolecular Hbond substituents is 1. The topological polar surface area (TPSA) is 46.2 Å². The Labute approximate surface area is 92.9 Å². The number of halogens is 2. The van der Waals surface area contributed by atoms with Crippen LogP contribution in [0.25, 0.3) is 0 Å². The molecule has 2 rings (SSSR count). The number of aromatic hydroxyl groups is 1. The molecule has 0 unspecified atom stereocenters. The van der Waals surface area contributed by atoms with Gasteiger partial charge in [-0.05, 0) is 30.5 Å². The first kappa shape index (κ1) is 10.7. The molecule has 82 valence electrons. The highest BCUT2D eigenvalue weighted by Crippen LogP contribution is 2.39. The summed E-state index contributed by atoms with van der Waals surface area (Å²) in [7, 11) is 0. The van der Waals surface area contributed by atoms with Crippen molar-refractivity contribution in [1.82, 2.24) is 0 Å². The lowest BCUT2D eigenvalue weighted by atomic mass is 9.89. The second-order valence-corrected chi connectivity index (χ2v) is 4.53. The van der Waals surface area contributed by atoms with Gasteiger partial charge in [-0.15, -0.1) is 0 Å². The summed E-state index contributed by atoms with van der Waals surface area (Å²) >= 11 is 5.54. The summed E-state index contributed by atoms with van der Waals surface area (Å²) in [6.07, 6.45) is 3.74. The van der Waals surface area contributed by atoms with Gasteiger partial charge in [0, 0.05) is 5.54 Å². The molecule has 0 aliphatic heterocycles. The van der Waals surface area contributed by atoms with E-state index in [1.165, 1.54) is 12.1 Å². The van der Waals surface area contributed by atoms with E-state index in [0.29, 0.717) is 5.56 Å². The number of phenols is 1. The highest BCUT2D eigenvalue weighted by Gasteiger charge is 2.32. The molecule has 0 atom stereocenters. The molecule has 0 aromatic heterocycles. The monoisotopic (exact) mass is 229 g/mol. The average molecular weight is 230 g/mol. The molecular weight excluding hydrogens is 217 g/mol. The third-order valence-electron chi connectivity index (χ3n) is 3.08. The fourth-order valence-electron chi connectivity index (χ4n) is 2.16. The maximum absolute atomic E-state index is 13.3. The SMILES string of the molecule is NC1(c2cc(O)c(Cl)c(F)c2)CCCC1. The van der Waals surface area contributed by atoms with Crippen molar-refractivity contribution >= 4 is 11.6 Å². The van der Waals surface area contributed by atoms with Crippen LogP contribution in [-0.4, -0.2) is 5.11 Å². The fourth-order valence-corrected chi connectivity index (χ4v) is 2.27. The molecule has 0 spiro atoms. The zero-order chi connectivity index (χ0) is 11.1. The molecule has 1 aliphatic carbocycles. The van der Waals surface area contributed by atoms with E-state index in [9.17, 15) is 9.50 Å². The predicted molar refractivity (Wildman–Crippen MR) is 57.4 cm³/mol. The number of benzene rings is 1. The first-order chi connectivity index (χ1) is 7.03. The van der Waals surface area contributed by atoms with Crippen LogP contribution in [0.2, 0.25) is 5.02 Å². The van der Waals surface area contributed by atoms with Crippen LogP contribution in [0.5, 0.6) is 5.75 Å². The van der Waals surface area contributed by atoms with E-state index in [-0.39, 0.29) is 10.8 Å². The minimum absolute atomic E-state index is 0.233. The Morgan fingerprint density at radius 1 is 1.33 bits per heavy atom. The summed E-state index contributed by atoms with van der Waals surface area (Å²) in [5, 5.41) is 9.19. The van der Waals surface area contributed by atoms with E-state index in [2.05, 4.69) is 0 Å². The van der Waals surface area contributed by atoms with E-state index >= 15 is 0 Å². The van der Waals surface area contributed by atoms with Gasteiger partial charge in [0.15, 0.2) is 0 Å². The van der Waals surface area contributed by atoms with Crippen molar-refractivity contribution in [2.24, 2.45) is 5.73 Å². The molecule has 15 heavy (non-hydrogen) atoms. The van der Waals surface area contributed by atoms with Gasteiger partial charge in [-0.1, -0.05) is 24.4 Å². The third-order valence-corrected chi connectivity index (χ3v) is 3.45. The van der Waals surface area contributed by atoms with Crippen LogP contribution in [0.15, 0.2) is 12.1 Å². The summed E-state index contributed by atoms with van der Waals surface area (Å²) in [4.78, 5) is 0. The van der Waals surface area contributed by atoms with E-state index in [1.807, 2.05) is 0 Å². The third kappa shape index (κ3) is 1.82. The van der Waals surface area contributed by atoms with Gasteiger partial charge in [-0.25, -0.2) is 4.39 Å². The Hall–Kier alpha value is -0.800. The molecule has 1 fully saturated rings. The molecular formula is C11H13ClFNO. The maximum atomic E-state index is 13.3. The second kappa shape index (κ2) is 3.65. The Morgan fingerprint density at radius 3 is 2.47 bits per heavy atom. The lowest BCUT2D eigenvalue weighted by molar-refractivity contribution is 0.439. The molecule has 1 aromatic carbocycles. The van der Waals surface area contributed by atoms with Crippen molar-refractivity contribution in [3.05, 3.63) is 28.5 Å². The Kier molecular flexibility index (Phi) is 2.61. The van der Waals surface area contributed by atoms with Crippen molar-refractivity contribution in [2.75, 3.05) is 0 Å². The van der Waals surface area contributed by atoms with Crippen LogP contribution in [-0.2, 0) is 5.54 Å². The molecule has 1 aliphatic rings. The van der Waals surface area contributed by atoms with Gasteiger partial charge >= 0.3 is 0 Å². The summed E-state index contributed by atoms with van der Waals surface area (Å²) in [5.41, 5.74) is 6.29. The van der Waals surface area contributed by atoms with Crippen molar-refractivity contribution in [2.45, 2.75) is 31.2 Å². The second-order valence-electron chi connectivity index (χ2n) is 4.15. The first-order valence-corrected chi connectivity index (χ1v) is 5.38. The normalized spacial score (nSPS) is 19.4. The molecule has 0 saturated heterocycles. The van der Waals surface area contributed by atoms with Gasteiger partial charge in [-0.2, -0.15) is 0 Å². The number of hydrogen-bond acceptors (Lipinski definition) is 2. The van der Waals surface area contributed by atoms with Gasteiger partial charge in [0.2, 0.25) is 0 Å². The lowest BCUT2D eigenvalue weighted by Crippen LogP contribution is -2.33. The molecule has 1 saturated carbocycles. The summed E-state index contributed by atoms with van der Waals surface area (Å²) in [6, 6.07) is 2.80. The quantitative estimate of drug-likeness (QED) is 0.778. The zero-order valence-electron chi connectivity index (χ0n) is 8.26. The summed E-state index contributed by atoms with van der Waals surface area (Å²) in [5.74, 6) is -0.841. The molecule has 0 radical (unpaired) electrons. The lowest BCUT2D eigenvalue weighted by Gasteiger charge is -2.24. The number of rotatable bonds is 1. The van der Waals surface area contributed by atoms with E-state index in [4.69, 9.17) is 17.3 Å². The van der Waals surface area contributed by atoms with Crippen molar-refractivity contribution in [3.63, 3.8) is 0 Å². The molecule has 1 aromatic rings. The molecule has 3 N–H and O–H groups in total. The van der Waals surface area contributed by atoms with Gasteiger partial charge in [0.25, 0.3) is 0 Å². The zero-order valence-corrected chi connectivity index (χ0v) is 9.02. The average Bonchev–Trinajstić information content (AvgIpc) is 2.62. The Balaban J connectivity index is 2.45. The van der Waals surface area contributed by atoms with Gasteiger partial charge in [0.1, 0.15) is 16.6 Å². The number of hydrogen-bond donors (Lipinski definition) is 2. The van der Waals surface area contributed by atoms with Crippen LogP contribution in [0.4, 0.5) is 4.39 Å². The van der Waals surface area contributed by atoms with Gasteiger partial charge in [-0.3, -0.25) is 0 Å². The van der Waals surface area contributed by atoms with Crippen LogP contribution in [0, 0.1) is 5.82 Å². The van der Waals surface area contributed by atoms with Crippen molar-refractivity contribution in [1.29, 1.82) is 0 Å². The van der Waals surface area contributed by atoms with E-state index < -0.39 is 11.4 Å². The molecule has 0 bridgehead atoms. The highest BCUT2D eigenvalue weighted by atomic mass is 35.5. The van der Waals surface area contributed by atoms with Gasteiger partial charge in [0.05, 0.1) is 0 Å². The van der Waals surface area contributed by atoms with Crippen LogP contribution in [0.1, 0.15) is 31.2 Å². The Bertz CT molecular complexity index is 365.